The molecule has 108 valence electrons. The second-order valence-corrected chi connectivity index (χ2v) is 3.44. The molecule has 0 atom stereocenters. The van der Waals surface area contributed by atoms with Gasteiger partial charge in [0, 0.05) is 11.8 Å². The minimum Gasteiger partial charge on any atom is -0.461 e. The summed E-state index contributed by atoms with van der Waals surface area (Å²) in [5.41, 5.74) is -5.53. The van der Waals surface area contributed by atoms with Crippen LogP contribution in [0.25, 0.3) is 0 Å². The Bertz CT molecular complexity index is 563. The summed E-state index contributed by atoms with van der Waals surface area (Å²) in [5.74, 6) is -1.28. The van der Waals surface area contributed by atoms with E-state index in [0.717, 1.165) is 6.07 Å². The summed E-state index contributed by atoms with van der Waals surface area (Å²) in [6, 6.07) is 1.09. The quantitative estimate of drug-likeness (QED) is 0.635. The first-order chi connectivity index (χ1) is 9.23. The second-order valence-electron chi connectivity index (χ2n) is 3.44. The van der Waals surface area contributed by atoms with Gasteiger partial charge in [0.2, 0.25) is 0 Å². The van der Waals surface area contributed by atoms with E-state index in [4.69, 9.17) is 5.26 Å². The second kappa shape index (κ2) is 5.81. The molecule has 0 unspecified atom stereocenters. The number of alkyl halides is 5. The van der Waals surface area contributed by atoms with Crippen LogP contribution in [0.5, 0.6) is 0 Å². The Hall–Kier alpha value is -2.24. The number of rotatable bonds is 3. The largest absolute Gasteiger partial charge is 0.461 e. The van der Waals surface area contributed by atoms with Gasteiger partial charge in [-0.2, -0.15) is 18.4 Å². The molecule has 1 aromatic rings. The maximum atomic E-state index is 12.8. The number of ether oxygens (including phenoxy) is 1. The predicted octanol–water partition coefficient (Wildman–Crippen LogP) is 3.09. The topological polar surface area (TPSA) is 63.0 Å². The van der Waals surface area contributed by atoms with E-state index in [0.29, 0.717) is 0 Å². The van der Waals surface area contributed by atoms with E-state index < -0.39 is 41.0 Å². The van der Waals surface area contributed by atoms with E-state index in [-0.39, 0.29) is 12.8 Å². The van der Waals surface area contributed by atoms with Gasteiger partial charge in [-0.15, -0.1) is 0 Å². The van der Waals surface area contributed by atoms with Gasteiger partial charge in [0.05, 0.1) is 17.7 Å². The Morgan fingerprint density at radius 2 is 2.10 bits per heavy atom. The van der Waals surface area contributed by atoms with Gasteiger partial charge in [-0.1, -0.05) is 0 Å². The molecule has 4 nitrogen and oxygen atoms in total. The third-order valence-electron chi connectivity index (χ3n) is 2.21. The molecular formula is C11H7F5N2O2. The number of hydrogen-bond donors (Lipinski definition) is 0. The lowest BCUT2D eigenvalue weighted by atomic mass is 10.0. The van der Waals surface area contributed by atoms with Gasteiger partial charge in [-0.05, 0) is 6.92 Å². The summed E-state index contributed by atoms with van der Waals surface area (Å²) in [4.78, 5) is 14.6. The van der Waals surface area contributed by atoms with Gasteiger partial charge in [-0.25, -0.2) is 18.6 Å². The molecule has 0 fully saturated rings. The highest BCUT2D eigenvalue weighted by atomic mass is 19.4. The van der Waals surface area contributed by atoms with Crippen molar-refractivity contribution < 1.29 is 31.5 Å². The smallest absolute Gasteiger partial charge is 0.418 e. The molecule has 0 amide bonds. The number of aromatic nitrogens is 1. The lowest BCUT2D eigenvalue weighted by Gasteiger charge is -2.15. The highest BCUT2D eigenvalue weighted by Crippen LogP contribution is 2.39. The minimum absolute atomic E-state index is 0.163. The number of hydrogen-bond acceptors (Lipinski definition) is 4. The number of carbonyl (C=O) groups is 1. The molecule has 0 N–H and O–H groups in total. The SMILES string of the molecule is CCOC(=O)c1ncc(C(F)F)c(C(F)(F)F)c1C#N. The van der Waals surface area contributed by atoms with Gasteiger partial charge in [0.1, 0.15) is 6.07 Å². The van der Waals surface area contributed by atoms with Crippen molar-refractivity contribution in [3.63, 3.8) is 0 Å². The number of esters is 1. The zero-order valence-corrected chi connectivity index (χ0v) is 9.96. The fraction of sp³-hybridized carbons (Fsp3) is 0.364. The number of carbonyl (C=O) groups excluding carboxylic acids is 1. The summed E-state index contributed by atoms with van der Waals surface area (Å²) in [6.07, 6.45) is -8.48. The number of halogens is 5. The molecular weight excluding hydrogens is 287 g/mol. The van der Waals surface area contributed by atoms with Crippen LogP contribution in [0, 0.1) is 11.3 Å². The van der Waals surface area contributed by atoms with Crippen molar-refractivity contribution in [1.29, 1.82) is 5.26 Å². The molecule has 1 heterocycles. The van der Waals surface area contributed by atoms with Crippen LogP contribution in [0.15, 0.2) is 6.20 Å². The molecule has 20 heavy (non-hydrogen) atoms. The van der Waals surface area contributed by atoms with Crippen molar-refractivity contribution in [3.8, 4) is 6.07 Å². The molecule has 9 heteroatoms. The lowest BCUT2D eigenvalue weighted by molar-refractivity contribution is -0.139. The van der Waals surface area contributed by atoms with E-state index in [1.807, 2.05) is 0 Å². The molecule has 0 aliphatic rings. The highest BCUT2D eigenvalue weighted by molar-refractivity contribution is 5.90. The minimum atomic E-state index is -5.22. The van der Waals surface area contributed by atoms with Gasteiger partial charge in [0.15, 0.2) is 5.69 Å². The zero-order chi connectivity index (χ0) is 15.5. The molecule has 0 radical (unpaired) electrons. The Labute approximate surface area is 109 Å². The molecule has 0 saturated heterocycles. The van der Waals surface area contributed by atoms with Crippen molar-refractivity contribution >= 4 is 5.97 Å². The normalized spacial score (nSPS) is 11.3. The zero-order valence-electron chi connectivity index (χ0n) is 9.96. The monoisotopic (exact) mass is 294 g/mol. The van der Waals surface area contributed by atoms with Gasteiger partial charge in [0.25, 0.3) is 6.43 Å². The van der Waals surface area contributed by atoms with Gasteiger partial charge in [-0.3, -0.25) is 0 Å². The fourth-order valence-electron chi connectivity index (χ4n) is 1.46. The van der Waals surface area contributed by atoms with Crippen LogP contribution >= 0.6 is 0 Å². The van der Waals surface area contributed by atoms with Crippen LogP contribution in [-0.2, 0) is 10.9 Å². The van der Waals surface area contributed by atoms with Crippen LogP contribution in [0.4, 0.5) is 22.0 Å². The van der Waals surface area contributed by atoms with Gasteiger partial charge < -0.3 is 4.74 Å². The number of nitrogens with zero attached hydrogens (tertiary/aromatic N) is 2. The maximum absolute atomic E-state index is 12.8. The highest BCUT2D eigenvalue weighted by Gasteiger charge is 2.41. The van der Waals surface area contributed by atoms with E-state index in [1.54, 1.807) is 0 Å². The first-order valence-corrected chi connectivity index (χ1v) is 5.19. The van der Waals surface area contributed by atoms with E-state index in [9.17, 15) is 26.7 Å². The maximum Gasteiger partial charge on any atom is 0.418 e. The van der Waals surface area contributed by atoms with Crippen LogP contribution < -0.4 is 0 Å². The van der Waals surface area contributed by atoms with Crippen LogP contribution in [-0.4, -0.2) is 17.6 Å². The first-order valence-electron chi connectivity index (χ1n) is 5.19. The van der Waals surface area contributed by atoms with Crippen molar-refractivity contribution in [2.75, 3.05) is 6.61 Å². The molecule has 0 aliphatic carbocycles. The third kappa shape index (κ3) is 3.01. The fourth-order valence-corrected chi connectivity index (χ4v) is 1.46. The summed E-state index contributed by atoms with van der Waals surface area (Å²) in [6.45, 7) is 1.23. The Kier molecular flexibility index (Phi) is 4.60. The molecule has 0 spiro atoms. The van der Waals surface area contributed by atoms with E-state index >= 15 is 0 Å². The lowest BCUT2D eigenvalue weighted by Crippen LogP contribution is -2.18. The molecule has 0 aliphatic heterocycles. The Morgan fingerprint density at radius 3 is 2.50 bits per heavy atom. The molecule has 0 bridgehead atoms. The molecule has 1 aromatic heterocycles. The molecule has 1 rings (SSSR count). The van der Waals surface area contributed by atoms with Crippen LogP contribution in [0.1, 0.15) is 40.5 Å². The van der Waals surface area contributed by atoms with Crippen molar-refractivity contribution in [3.05, 3.63) is 28.6 Å². The average Bonchev–Trinajstić information content (AvgIpc) is 2.35. The third-order valence-corrected chi connectivity index (χ3v) is 2.21. The Morgan fingerprint density at radius 1 is 1.50 bits per heavy atom. The average molecular weight is 294 g/mol. The van der Waals surface area contributed by atoms with Crippen molar-refractivity contribution in [2.24, 2.45) is 0 Å². The summed E-state index contributed by atoms with van der Waals surface area (Å²) in [5, 5.41) is 8.74. The molecule has 0 aromatic carbocycles. The van der Waals surface area contributed by atoms with Gasteiger partial charge >= 0.3 is 12.1 Å². The van der Waals surface area contributed by atoms with Crippen LogP contribution in [0.3, 0.4) is 0 Å². The van der Waals surface area contributed by atoms with E-state index in [1.165, 1.54) is 6.92 Å². The Balaban J connectivity index is 3.63. The standard InChI is InChI=1S/C11H7F5N2O2/c1-2-20-10(19)8-5(3-17)7(11(14,15)16)6(4-18-8)9(12)13/h4,9H,2H2,1H3. The summed E-state index contributed by atoms with van der Waals surface area (Å²) in [7, 11) is 0. The van der Waals surface area contributed by atoms with Crippen molar-refractivity contribution in [1.82, 2.24) is 4.98 Å². The number of nitriles is 1. The summed E-state index contributed by atoms with van der Waals surface area (Å²) < 4.78 is 68.1. The van der Waals surface area contributed by atoms with Crippen molar-refractivity contribution in [2.45, 2.75) is 19.5 Å². The number of pyridine rings is 1. The summed E-state index contributed by atoms with van der Waals surface area (Å²) >= 11 is 0. The van der Waals surface area contributed by atoms with Crippen LogP contribution in [0.2, 0.25) is 0 Å². The first kappa shape index (κ1) is 15.8. The van der Waals surface area contributed by atoms with E-state index in [2.05, 4.69) is 9.72 Å². The predicted molar refractivity (Wildman–Crippen MR) is 54.9 cm³/mol. The molecule has 0 saturated carbocycles.